The largest absolute Gasteiger partial charge is 0.452 e. The average Bonchev–Trinajstić information content (AvgIpc) is 3.13. The van der Waals surface area contributed by atoms with Crippen molar-refractivity contribution in [1.82, 2.24) is 9.80 Å². The number of likely N-dealkylation sites (N-methyl/N-ethyl adjacent to an activating group) is 1. The summed E-state index contributed by atoms with van der Waals surface area (Å²) in [4.78, 5) is 41.0. The van der Waals surface area contributed by atoms with Crippen LogP contribution in [0.5, 0.6) is 0 Å². The zero-order valence-corrected chi connectivity index (χ0v) is 19.1. The van der Waals surface area contributed by atoms with Gasteiger partial charge in [0.2, 0.25) is 0 Å². The van der Waals surface area contributed by atoms with Gasteiger partial charge in [0.25, 0.3) is 11.8 Å². The van der Waals surface area contributed by atoms with E-state index in [-0.39, 0.29) is 23.5 Å². The summed E-state index contributed by atoms with van der Waals surface area (Å²) < 4.78 is 42.0. The summed E-state index contributed by atoms with van der Waals surface area (Å²) in [6, 6.07) is 4.94. The Morgan fingerprint density at radius 1 is 1.16 bits per heavy atom. The number of ether oxygens (including phenoxy) is 1. The molecule has 32 heavy (non-hydrogen) atoms. The van der Waals surface area contributed by atoms with Crippen LogP contribution in [-0.4, -0.2) is 79.3 Å². The van der Waals surface area contributed by atoms with Crippen molar-refractivity contribution in [2.24, 2.45) is 5.92 Å². The SMILES string of the molecule is CCN(C(=O)[C@@H](C)OC(=O)C1CCN(C(=O)c2ccc(F)cc2)CC1)[C@H]1CCS(=O)(=O)C1. The minimum atomic E-state index is -3.14. The first-order valence-electron chi connectivity index (χ1n) is 10.9. The van der Waals surface area contributed by atoms with Gasteiger partial charge in [-0.1, -0.05) is 0 Å². The van der Waals surface area contributed by atoms with Gasteiger partial charge in [-0.2, -0.15) is 0 Å². The van der Waals surface area contributed by atoms with Crippen LogP contribution < -0.4 is 0 Å². The van der Waals surface area contributed by atoms with Gasteiger partial charge in [0.05, 0.1) is 17.4 Å². The Morgan fingerprint density at radius 2 is 1.78 bits per heavy atom. The number of esters is 1. The highest BCUT2D eigenvalue weighted by Crippen LogP contribution is 2.23. The predicted octanol–water partition coefficient (Wildman–Crippen LogP) is 1.65. The molecule has 0 unspecified atom stereocenters. The van der Waals surface area contributed by atoms with Crippen LogP contribution >= 0.6 is 0 Å². The van der Waals surface area contributed by atoms with E-state index in [0.717, 1.165) is 0 Å². The number of hydrogen-bond donors (Lipinski definition) is 0. The van der Waals surface area contributed by atoms with Crippen LogP contribution in [0, 0.1) is 11.7 Å². The molecule has 2 aliphatic heterocycles. The van der Waals surface area contributed by atoms with Crippen molar-refractivity contribution in [1.29, 1.82) is 0 Å². The van der Waals surface area contributed by atoms with Crippen LogP contribution in [0.25, 0.3) is 0 Å². The second-order valence-electron chi connectivity index (χ2n) is 8.33. The van der Waals surface area contributed by atoms with Gasteiger partial charge in [-0.25, -0.2) is 12.8 Å². The number of halogens is 1. The van der Waals surface area contributed by atoms with Crippen LogP contribution in [0.4, 0.5) is 4.39 Å². The monoisotopic (exact) mass is 468 g/mol. The molecule has 0 saturated carbocycles. The molecule has 176 valence electrons. The highest BCUT2D eigenvalue weighted by atomic mass is 32.2. The molecule has 2 saturated heterocycles. The molecular formula is C22H29FN2O6S. The third-order valence-electron chi connectivity index (χ3n) is 6.12. The second kappa shape index (κ2) is 9.97. The van der Waals surface area contributed by atoms with Crippen molar-refractivity contribution < 1.29 is 31.9 Å². The van der Waals surface area contributed by atoms with E-state index >= 15 is 0 Å². The Kier molecular flexibility index (Phi) is 7.53. The van der Waals surface area contributed by atoms with Crippen molar-refractivity contribution in [2.45, 2.75) is 45.3 Å². The normalized spacial score (nSPS) is 21.7. The molecule has 3 rings (SSSR count). The van der Waals surface area contributed by atoms with E-state index in [9.17, 15) is 27.2 Å². The Morgan fingerprint density at radius 3 is 2.31 bits per heavy atom. The van der Waals surface area contributed by atoms with Crippen LogP contribution in [-0.2, 0) is 24.2 Å². The van der Waals surface area contributed by atoms with Crippen LogP contribution in [0.3, 0.4) is 0 Å². The third-order valence-corrected chi connectivity index (χ3v) is 7.87. The first kappa shape index (κ1) is 24.2. The fraction of sp³-hybridized carbons (Fsp3) is 0.591. The van der Waals surface area contributed by atoms with E-state index in [1.165, 1.54) is 36.1 Å². The molecule has 0 bridgehead atoms. The van der Waals surface area contributed by atoms with Crippen molar-refractivity contribution in [2.75, 3.05) is 31.1 Å². The van der Waals surface area contributed by atoms with Crippen molar-refractivity contribution in [3.8, 4) is 0 Å². The Balaban J connectivity index is 1.51. The van der Waals surface area contributed by atoms with Gasteiger partial charge >= 0.3 is 5.97 Å². The van der Waals surface area contributed by atoms with Crippen molar-refractivity contribution in [3.05, 3.63) is 35.6 Å². The zero-order valence-electron chi connectivity index (χ0n) is 18.3. The number of nitrogens with zero attached hydrogens (tertiary/aromatic N) is 2. The number of carbonyl (C=O) groups excluding carboxylic acids is 3. The summed E-state index contributed by atoms with van der Waals surface area (Å²) in [7, 11) is -3.14. The van der Waals surface area contributed by atoms with E-state index in [1.54, 1.807) is 11.8 Å². The molecule has 1 aromatic rings. The number of hydrogen-bond acceptors (Lipinski definition) is 6. The quantitative estimate of drug-likeness (QED) is 0.589. The number of likely N-dealkylation sites (tertiary alicyclic amines) is 1. The number of carbonyl (C=O) groups is 3. The first-order valence-corrected chi connectivity index (χ1v) is 12.7. The lowest BCUT2D eigenvalue weighted by Crippen LogP contribution is -2.47. The summed E-state index contributed by atoms with van der Waals surface area (Å²) in [5.74, 6) is -1.95. The lowest BCUT2D eigenvalue weighted by atomic mass is 9.96. The highest BCUT2D eigenvalue weighted by Gasteiger charge is 2.37. The third kappa shape index (κ3) is 5.65. The minimum Gasteiger partial charge on any atom is -0.452 e. The second-order valence-corrected chi connectivity index (χ2v) is 10.6. The molecule has 1 aromatic carbocycles. The summed E-state index contributed by atoms with van der Waals surface area (Å²) in [5, 5.41) is 0. The Labute approximate surface area is 187 Å². The molecule has 2 aliphatic rings. The van der Waals surface area contributed by atoms with E-state index in [1.807, 2.05) is 0 Å². The Hall–Kier alpha value is -2.49. The zero-order chi connectivity index (χ0) is 23.5. The molecule has 0 aliphatic carbocycles. The maximum absolute atomic E-state index is 13.1. The minimum absolute atomic E-state index is 0.0603. The summed E-state index contributed by atoms with van der Waals surface area (Å²) >= 11 is 0. The van der Waals surface area contributed by atoms with Gasteiger partial charge in [0.15, 0.2) is 15.9 Å². The number of benzene rings is 1. The van der Waals surface area contributed by atoms with E-state index in [4.69, 9.17) is 4.74 Å². The molecule has 10 heteroatoms. The van der Waals surface area contributed by atoms with Gasteiger partial charge in [0.1, 0.15) is 5.82 Å². The lowest BCUT2D eigenvalue weighted by Gasteiger charge is -2.32. The average molecular weight is 469 g/mol. The van der Waals surface area contributed by atoms with E-state index in [0.29, 0.717) is 44.5 Å². The lowest BCUT2D eigenvalue weighted by molar-refractivity contribution is -0.164. The molecule has 2 heterocycles. The topological polar surface area (TPSA) is 101 Å². The van der Waals surface area contributed by atoms with E-state index < -0.39 is 39.6 Å². The maximum Gasteiger partial charge on any atom is 0.309 e. The van der Waals surface area contributed by atoms with Gasteiger partial charge < -0.3 is 14.5 Å². The summed E-state index contributed by atoms with van der Waals surface area (Å²) in [6.07, 6.45) is 0.198. The molecule has 0 spiro atoms. The van der Waals surface area contributed by atoms with Gasteiger partial charge in [-0.15, -0.1) is 0 Å². The van der Waals surface area contributed by atoms with Crippen LogP contribution in [0.2, 0.25) is 0 Å². The summed E-state index contributed by atoms with van der Waals surface area (Å²) in [5.41, 5.74) is 0.389. The van der Waals surface area contributed by atoms with Crippen molar-refractivity contribution in [3.63, 3.8) is 0 Å². The van der Waals surface area contributed by atoms with Gasteiger partial charge in [-0.3, -0.25) is 14.4 Å². The highest BCUT2D eigenvalue weighted by molar-refractivity contribution is 7.91. The van der Waals surface area contributed by atoms with Crippen LogP contribution in [0.15, 0.2) is 24.3 Å². The number of piperidine rings is 1. The first-order chi connectivity index (χ1) is 15.1. The molecule has 2 amide bonds. The van der Waals surface area contributed by atoms with E-state index in [2.05, 4.69) is 0 Å². The molecule has 0 N–H and O–H groups in total. The number of rotatable bonds is 6. The molecule has 2 fully saturated rings. The van der Waals surface area contributed by atoms with Crippen LogP contribution in [0.1, 0.15) is 43.5 Å². The molecular weight excluding hydrogens is 439 g/mol. The standard InChI is InChI=1S/C22H29FN2O6S/c1-3-25(19-10-13-32(29,30)14-19)20(26)15(2)31-22(28)17-8-11-24(12-9-17)21(27)16-4-6-18(23)7-5-16/h4-7,15,17,19H,3,8-14H2,1-2H3/t15-,19+/m1/s1. The van der Waals surface area contributed by atoms with Crippen molar-refractivity contribution >= 4 is 27.6 Å². The fourth-order valence-corrected chi connectivity index (χ4v) is 5.99. The number of sulfone groups is 1. The molecule has 0 aromatic heterocycles. The predicted molar refractivity (Wildman–Crippen MR) is 115 cm³/mol. The maximum atomic E-state index is 13.1. The van der Waals surface area contributed by atoms with Gasteiger partial charge in [0, 0.05) is 31.2 Å². The molecule has 2 atom stereocenters. The fourth-order valence-electron chi connectivity index (χ4n) is 4.26. The molecule has 8 nitrogen and oxygen atoms in total. The summed E-state index contributed by atoms with van der Waals surface area (Å²) in [6.45, 7) is 4.33. The smallest absolute Gasteiger partial charge is 0.309 e. The Bertz CT molecular complexity index is 957. The molecule has 0 radical (unpaired) electrons. The number of amides is 2. The van der Waals surface area contributed by atoms with Gasteiger partial charge in [-0.05, 0) is 57.4 Å².